The Balaban J connectivity index is 1.60. The molecule has 1 amide bonds. The van der Waals surface area contributed by atoms with E-state index >= 15 is 0 Å². The summed E-state index contributed by atoms with van der Waals surface area (Å²) >= 11 is 1.20. The number of hydrogen-bond donors (Lipinski definition) is 2. The van der Waals surface area contributed by atoms with Gasteiger partial charge in [-0.05, 0) is 62.2 Å². The van der Waals surface area contributed by atoms with Gasteiger partial charge in [-0.2, -0.15) is 0 Å². The van der Waals surface area contributed by atoms with Gasteiger partial charge in [-0.3, -0.25) is 4.79 Å². The van der Waals surface area contributed by atoms with Crippen molar-refractivity contribution in [1.82, 2.24) is 14.9 Å². The molecule has 0 bridgehead atoms. The average molecular weight is 415 g/mol. The lowest BCUT2D eigenvalue weighted by Gasteiger charge is -2.13. The molecule has 0 aliphatic heterocycles. The van der Waals surface area contributed by atoms with E-state index < -0.39 is 5.25 Å². The number of nitrogen functional groups attached to an aromatic ring is 1. The molecule has 29 heavy (non-hydrogen) atoms. The molecular formula is C20H22FN5O2S. The van der Waals surface area contributed by atoms with Crippen LogP contribution in [0.3, 0.4) is 0 Å². The van der Waals surface area contributed by atoms with Crippen LogP contribution < -0.4 is 15.9 Å². The van der Waals surface area contributed by atoms with Gasteiger partial charge in [0.1, 0.15) is 18.2 Å². The lowest BCUT2D eigenvalue weighted by Crippen LogP contribution is -2.24. The highest BCUT2D eigenvalue weighted by atomic mass is 32.2. The molecule has 0 saturated carbocycles. The summed E-state index contributed by atoms with van der Waals surface area (Å²) in [6.45, 7) is 5.75. The Kier molecular flexibility index (Phi) is 6.38. The van der Waals surface area contributed by atoms with Gasteiger partial charge in [-0.25, -0.2) is 9.07 Å². The van der Waals surface area contributed by atoms with Crippen LogP contribution in [0.5, 0.6) is 5.75 Å². The summed E-state index contributed by atoms with van der Waals surface area (Å²) in [5, 5.41) is 10.9. The molecule has 1 atom stereocenters. The van der Waals surface area contributed by atoms with Crippen LogP contribution in [0.2, 0.25) is 0 Å². The minimum Gasteiger partial charge on any atom is -0.486 e. The van der Waals surface area contributed by atoms with Gasteiger partial charge < -0.3 is 15.9 Å². The van der Waals surface area contributed by atoms with Crippen molar-refractivity contribution >= 4 is 23.4 Å². The van der Waals surface area contributed by atoms with E-state index in [0.29, 0.717) is 16.7 Å². The molecule has 9 heteroatoms. The third-order valence-corrected chi connectivity index (χ3v) is 5.28. The maximum Gasteiger partial charge on any atom is 0.237 e. The van der Waals surface area contributed by atoms with Gasteiger partial charge >= 0.3 is 0 Å². The first-order valence-electron chi connectivity index (χ1n) is 8.96. The van der Waals surface area contributed by atoms with E-state index in [-0.39, 0.29) is 18.3 Å². The smallest absolute Gasteiger partial charge is 0.237 e. The first-order valence-corrected chi connectivity index (χ1v) is 9.84. The summed E-state index contributed by atoms with van der Waals surface area (Å²) in [4.78, 5) is 12.6. The number of nitrogens with zero attached hydrogens (tertiary/aromatic N) is 3. The van der Waals surface area contributed by atoms with Crippen molar-refractivity contribution in [3.8, 4) is 5.75 Å². The van der Waals surface area contributed by atoms with E-state index in [1.54, 1.807) is 6.92 Å². The summed E-state index contributed by atoms with van der Waals surface area (Å²) in [6.07, 6.45) is 0. The Hall–Kier alpha value is -3.07. The number of rotatable bonds is 7. The van der Waals surface area contributed by atoms with E-state index in [0.717, 1.165) is 16.8 Å². The van der Waals surface area contributed by atoms with Crippen LogP contribution in [-0.4, -0.2) is 26.0 Å². The second kappa shape index (κ2) is 8.95. The highest BCUT2D eigenvalue weighted by Crippen LogP contribution is 2.24. The molecule has 1 heterocycles. The largest absolute Gasteiger partial charge is 0.486 e. The van der Waals surface area contributed by atoms with Gasteiger partial charge in [-0.1, -0.05) is 23.9 Å². The number of nitrogens with two attached hydrogens (primary N) is 1. The number of aryl methyl sites for hydroxylation is 2. The number of halogens is 1. The Morgan fingerprint density at radius 1 is 1.24 bits per heavy atom. The molecular weight excluding hydrogens is 393 g/mol. The molecule has 0 radical (unpaired) electrons. The van der Waals surface area contributed by atoms with Crippen molar-refractivity contribution in [2.75, 3.05) is 11.2 Å². The molecule has 3 N–H and O–H groups in total. The SMILES string of the molecule is Cc1ccc(C)c(NC(=O)C(C)Sc2nnc(COc3ccc(F)cc3)n2N)c1. The quantitative estimate of drug-likeness (QED) is 0.453. The fourth-order valence-corrected chi connectivity index (χ4v) is 3.27. The molecule has 1 aromatic heterocycles. The number of nitrogens with one attached hydrogen (secondary N) is 1. The predicted molar refractivity (Wildman–Crippen MR) is 111 cm³/mol. The Labute approximate surface area is 172 Å². The number of anilines is 1. The molecule has 3 aromatic rings. The highest BCUT2D eigenvalue weighted by Gasteiger charge is 2.20. The maximum atomic E-state index is 12.9. The number of amides is 1. The summed E-state index contributed by atoms with van der Waals surface area (Å²) in [6, 6.07) is 11.5. The summed E-state index contributed by atoms with van der Waals surface area (Å²) in [7, 11) is 0. The minimum atomic E-state index is -0.438. The zero-order valence-corrected chi connectivity index (χ0v) is 17.2. The Bertz CT molecular complexity index is 1010. The van der Waals surface area contributed by atoms with Gasteiger partial charge in [0.05, 0.1) is 5.25 Å². The zero-order valence-electron chi connectivity index (χ0n) is 16.3. The molecule has 1 unspecified atom stereocenters. The number of hydrogen-bond acceptors (Lipinski definition) is 6. The third kappa shape index (κ3) is 5.26. The summed E-state index contributed by atoms with van der Waals surface area (Å²) < 4.78 is 19.8. The van der Waals surface area contributed by atoms with Gasteiger partial charge in [-0.15, -0.1) is 10.2 Å². The topological polar surface area (TPSA) is 95.1 Å². The van der Waals surface area contributed by atoms with Crippen LogP contribution >= 0.6 is 11.8 Å². The van der Waals surface area contributed by atoms with Crippen LogP contribution in [0, 0.1) is 19.7 Å². The van der Waals surface area contributed by atoms with E-state index in [2.05, 4.69) is 15.5 Å². The number of benzene rings is 2. The minimum absolute atomic E-state index is 0.0682. The number of ether oxygens (including phenoxy) is 1. The van der Waals surface area contributed by atoms with E-state index in [4.69, 9.17) is 10.6 Å². The number of carbonyl (C=O) groups excluding carboxylic acids is 1. The molecule has 2 aromatic carbocycles. The Morgan fingerprint density at radius 3 is 2.69 bits per heavy atom. The molecule has 0 aliphatic rings. The van der Waals surface area contributed by atoms with E-state index in [1.807, 2.05) is 32.0 Å². The van der Waals surface area contributed by atoms with Crippen molar-refractivity contribution in [2.45, 2.75) is 37.8 Å². The van der Waals surface area contributed by atoms with Crippen molar-refractivity contribution in [3.63, 3.8) is 0 Å². The maximum absolute atomic E-state index is 12.9. The molecule has 152 valence electrons. The van der Waals surface area contributed by atoms with Gasteiger partial charge in [0.15, 0.2) is 5.82 Å². The van der Waals surface area contributed by atoms with Gasteiger partial charge in [0, 0.05) is 5.69 Å². The van der Waals surface area contributed by atoms with Crippen LogP contribution in [0.25, 0.3) is 0 Å². The van der Waals surface area contributed by atoms with Crippen molar-refractivity contribution in [1.29, 1.82) is 0 Å². The second-order valence-electron chi connectivity index (χ2n) is 6.58. The van der Waals surface area contributed by atoms with E-state index in [1.165, 1.54) is 40.7 Å². The van der Waals surface area contributed by atoms with E-state index in [9.17, 15) is 9.18 Å². The molecule has 3 rings (SSSR count). The van der Waals surface area contributed by atoms with Crippen LogP contribution in [0.15, 0.2) is 47.6 Å². The normalized spacial score (nSPS) is 11.9. The molecule has 7 nitrogen and oxygen atoms in total. The van der Waals surface area contributed by atoms with Crippen LogP contribution in [0.4, 0.5) is 10.1 Å². The number of aromatic nitrogens is 3. The summed E-state index contributed by atoms with van der Waals surface area (Å²) in [5.74, 6) is 6.42. The lowest BCUT2D eigenvalue weighted by molar-refractivity contribution is -0.115. The number of carbonyl (C=O) groups is 1. The zero-order chi connectivity index (χ0) is 21.0. The number of thioether (sulfide) groups is 1. The molecule has 0 aliphatic carbocycles. The predicted octanol–water partition coefficient (Wildman–Crippen LogP) is 3.45. The fourth-order valence-electron chi connectivity index (χ4n) is 2.48. The van der Waals surface area contributed by atoms with Gasteiger partial charge in [0.25, 0.3) is 0 Å². The lowest BCUT2D eigenvalue weighted by atomic mass is 10.1. The molecule has 0 fully saturated rings. The van der Waals surface area contributed by atoms with Crippen LogP contribution in [-0.2, 0) is 11.4 Å². The average Bonchev–Trinajstić information content (AvgIpc) is 3.04. The molecule has 0 spiro atoms. The van der Waals surface area contributed by atoms with Crippen molar-refractivity contribution in [2.24, 2.45) is 0 Å². The molecule has 0 saturated heterocycles. The van der Waals surface area contributed by atoms with Crippen LogP contribution in [0.1, 0.15) is 23.9 Å². The standard InChI is InChI=1S/C20H22FN5O2S/c1-12-4-5-13(2)17(10-12)23-19(27)14(3)29-20-25-24-18(26(20)22)11-28-16-8-6-15(21)7-9-16/h4-10,14H,11,22H2,1-3H3,(H,23,27). The highest BCUT2D eigenvalue weighted by molar-refractivity contribution is 8.00. The fraction of sp³-hybridized carbons (Fsp3) is 0.250. The third-order valence-electron chi connectivity index (χ3n) is 4.22. The van der Waals surface area contributed by atoms with Gasteiger partial charge in [0.2, 0.25) is 11.1 Å². The second-order valence-corrected chi connectivity index (χ2v) is 7.89. The monoisotopic (exact) mass is 415 g/mol. The van der Waals surface area contributed by atoms with Crippen molar-refractivity contribution < 1.29 is 13.9 Å². The first-order chi connectivity index (χ1) is 13.8. The first kappa shape index (κ1) is 20.7. The Morgan fingerprint density at radius 2 is 1.97 bits per heavy atom. The van der Waals surface area contributed by atoms with Crippen molar-refractivity contribution in [3.05, 3.63) is 65.2 Å². The summed E-state index contributed by atoms with van der Waals surface area (Å²) in [5.41, 5.74) is 2.84.